The number of benzene rings is 1. The van der Waals surface area contributed by atoms with Gasteiger partial charge in [0.15, 0.2) is 9.92 Å². The molecule has 3 atom stereocenters. The standard InChI is InChI=1S/C23H34N2O7S/c1-16-11-12-20(19(15-16)31-17(2)9-8-14-26)33(29,24-22(28)32-23(3,4)5)25-13-7-10-18(25)21(27)30-6/h11-12,14-15,17-18H,7-10,13H2,1-6H3/t17-,18+,33+/m1/s1. The molecule has 1 aliphatic rings. The van der Waals surface area contributed by atoms with E-state index in [4.69, 9.17) is 14.2 Å². The Morgan fingerprint density at radius 2 is 2.03 bits per heavy atom. The predicted octanol–water partition coefficient (Wildman–Crippen LogP) is 4.06. The molecule has 0 unspecified atom stereocenters. The van der Waals surface area contributed by atoms with E-state index in [0.29, 0.717) is 25.7 Å². The molecule has 1 amide bonds. The Kier molecular flexibility index (Phi) is 9.02. The number of rotatable bonds is 8. The van der Waals surface area contributed by atoms with Gasteiger partial charge in [-0.25, -0.2) is 9.00 Å². The molecule has 2 rings (SSSR count). The van der Waals surface area contributed by atoms with Crippen LogP contribution in [0.4, 0.5) is 4.79 Å². The third-order valence-electron chi connectivity index (χ3n) is 4.99. The van der Waals surface area contributed by atoms with Gasteiger partial charge in [0, 0.05) is 13.0 Å². The minimum Gasteiger partial charge on any atom is -0.489 e. The molecule has 1 aromatic carbocycles. The van der Waals surface area contributed by atoms with E-state index in [-0.39, 0.29) is 23.3 Å². The van der Waals surface area contributed by atoms with Crippen LogP contribution < -0.4 is 4.74 Å². The lowest BCUT2D eigenvalue weighted by Gasteiger charge is -2.28. The Labute approximate surface area is 196 Å². The number of hydrogen-bond donors (Lipinski definition) is 0. The summed E-state index contributed by atoms with van der Waals surface area (Å²) in [7, 11) is -2.38. The number of amides is 1. The summed E-state index contributed by atoms with van der Waals surface area (Å²) >= 11 is 0. The highest BCUT2D eigenvalue weighted by molar-refractivity contribution is 7.91. The molecule has 33 heavy (non-hydrogen) atoms. The number of aryl methyl sites for hydroxylation is 1. The van der Waals surface area contributed by atoms with Gasteiger partial charge in [-0.05, 0) is 71.6 Å². The molecule has 0 aromatic heterocycles. The second-order valence-corrected chi connectivity index (χ2v) is 11.1. The molecule has 0 bridgehead atoms. The van der Waals surface area contributed by atoms with Gasteiger partial charge in [0.05, 0.1) is 13.2 Å². The molecule has 10 heteroatoms. The number of ether oxygens (including phenoxy) is 3. The molecule has 0 radical (unpaired) electrons. The molecule has 9 nitrogen and oxygen atoms in total. The zero-order valence-electron chi connectivity index (χ0n) is 20.2. The van der Waals surface area contributed by atoms with Crippen molar-refractivity contribution in [2.24, 2.45) is 4.36 Å². The van der Waals surface area contributed by atoms with E-state index in [1.807, 2.05) is 6.92 Å². The average molecular weight is 483 g/mol. The third kappa shape index (κ3) is 7.01. The van der Waals surface area contributed by atoms with E-state index in [1.54, 1.807) is 45.9 Å². The lowest BCUT2D eigenvalue weighted by Crippen LogP contribution is -2.41. The molecule has 1 aromatic rings. The quantitative estimate of drug-likeness (QED) is 0.406. The van der Waals surface area contributed by atoms with Gasteiger partial charge in [-0.3, -0.25) is 4.79 Å². The molecule has 0 spiro atoms. The minimum absolute atomic E-state index is 0.174. The molecule has 1 heterocycles. The Morgan fingerprint density at radius 1 is 1.33 bits per heavy atom. The topological polar surface area (TPSA) is 112 Å². The number of carbonyl (C=O) groups is 3. The van der Waals surface area contributed by atoms with Crippen molar-refractivity contribution in [1.82, 2.24) is 4.31 Å². The normalized spacial score (nSPS) is 19.3. The predicted molar refractivity (Wildman–Crippen MR) is 123 cm³/mol. The van der Waals surface area contributed by atoms with E-state index in [0.717, 1.165) is 11.8 Å². The van der Waals surface area contributed by atoms with E-state index >= 15 is 0 Å². The van der Waals surface area contributed by atoms with Gasteiger partial charge < -0.3 is 19.0 Å². The molecule has 0 saturated carbocycles. The molecule has 1 fully saturated rings. The van der Waals surface area contributed by atoms with Crippen LogP contribution in [0.5, 0.6) is 5.75 Å². The van der Waals surface area contributed by atoms with Gasteiger partial charge in [0.25, 0.3) is 0 Å². The fourth-order valence-corrected chi connectivity index (χ4v) is 5.75. The van der Waals surface area contributed by atoms with Crippen molar-refractivity contribution in [3.63, 3.8) is 0 Å². The largest absolute Gasteiger partial charge is 0.489 e. The van der Waals surface area contributed by atoms with Crippen molar-refractivity contribution in [2.75, 3.05) is 13.7 Å². The van der Waals surface area contributed by atoms with Crippen LogP contribution in [0.25, 0.3) is 0 Å². The Morgan fingerprint density at radius 3 is 2.64 bits per heavy atom. The number of esters is 1. The number of nitrogens with zero attached hydrogens (tertiary/aromatic N) is 2. The third-order valence-corrected chi connectivity index (χ3v) is 7.37. The maximum absolute atomic E-state index is 14.6. The van der Waals surface area contributed by atoms with Gasteiger partial charge >= 0.3 is 12.1 Å². The van der Waals surface area contributed by atoms with Crippen molar-refractivity contribution in [1.29, 1.82) is 0 Å². The number of hydrogen-bond acceptors (Lipinski definition) is 7. The first-order chi connectivity index (χ1) is 15.4. The second kappa shape index (κ2) is 11.1. The summed E-state index contributed by atoms with van der Waals surface area (Å²) in [6.45, 7) is 8.99. The molecule has 0 aliphatic carbocycles. The maximum Gasteiger partial charge on any atom is 0.443 e. The number of methoxy groups -OCH3 is 1. The Hall–Kier alpha value is -2.46. The summed E-state index contributed by atoms with van der Waals surface area (Å²) < 4.78 is 36.3. The van der Waals surface area contributed by atoms with Crippen LogP contribution in [-0.4, -0.2) is 58.3 Å². The fraction of sp³-hybridized carbons (Fsp3) is 0.609. The first-order valence-corrected chi connectivity index (χ1v) is 12.4. The van der Waals surface area contributed by atoms with Gasteiger partial charge in [-0.1, -0.05) is 6.07 Å². The van der Waals surface area contributed by atoms with E-state index < -0.39 is 33.6 Å². The van der Waals surface area contributed by atoms with Crippen molar-refractivity contribution in [3.8, 4) is 5.75 Å². The van der Waals surface area contributed by atoms with E-state index in [9.17, 15) is 18.6 Å². The summed E-state index contributed by atoms with van der Waals surface area (Å²) in [6, 6.07) is 4.22. The summed E-state index contributed by atoms with van der Waals surface area (Å²) in [5, 5.41) is 0. The van der Waals surface area contributed by atoms with Gasteiger partial charge in [0.2, 0.25) is 0 Å². The fourth-order valence-electron chi connectivity index (χ4n) is 3.52. The molecule has 1 aliphatic heterocycles. The second-order valence-electron chi connectivity index (χ2n) is 9.01. The van der Waals surface area contributed by atoms with Gasteiger partial charge in [-0.15, -0.1) is 4.36 Å². The average Bonchev–Trinajstić information content (AvgIpc) is 3.20. The van der Waals surface area contributed by atoms with Crippen molar-refractivity contribution in [3.05, 3.63) is 23.8 Å². The highest BCUT2D eigenvalue weighted by Gasteiger charge is 2.41. The summed E-state index contributed by atoms with van der Waals surface area (Å²) in [5.74, 6) is -0.269. The van der Waals surface area contributed by atoms with Crippen LogP contribution in [0.2, 0.25) is 0 Å². The number of aldehydes is 1. The van der Waals surface area contributed by atoms with Crippen LogP contribution in [0.1, 0.15) is 58.9 Å². The maximum atomic E-state index is 14.6. The smallest absolute Gasteiger partial charge is 0.443 e. The van der Waals surface area contributed by atoms with Crippen LogP contribution in [0, 0.1) is 6.92 Å². The van der Waals surface area contributed by atoms with E-state index in [1.165, 1.54) is 11.4 Å². The molecular weight excluding hydrogens is 448 g/mol. The molecule has 1 saturated heterocycles. The van der Waals surface area contributed by atoms with Gasteiger partial charge in [0.1, 0.15) is 28.6 Å². The van der Waals surface area contributed by atoms with Crippen LogP contribution in [0.15, 0.2) is 27.5 Å². The monoisotopic (exact) mass is 482 g/mol. The lowest BCUT2D eigenvalue weighted by molar-refractivity contribution is -0.144. The Bertz CT molecular complexity index is 993. The van der Waals surface area contributed by atoms with Crippen molar-refractivity contribution >= 4 is 28.3 Å². The van der Waals surface area contributed by atoms with Crippen molar-refractivity contribution in [2.45, 2.75) is 82.9 Å². The summed E-state index contributed by atoms with van der Waals surface area (Å²) in [5.41, 5.74) is 0.00481. The Balaban J connectivity index is 2.66. The zero-order valence-corrected chi connectivity index (χ0v) is 21.0. The van der Waals surface area contributed by atoms with Crippen LogP contribution in [0.3, 0.4) is 0 Å². The van der Waals surface area contributed by atoms with Gasteiger partial charge in [-0.2, -0.15) is 4.31 Å². The minimum atomic E-state index is -3.65. The molecule has 184 valence electrons. The summed E-state index contributed by atoms with van der Waals surface area (Å²) in [6.07, 6.45) is 1.25. The SMILES string of the molecule is COC(=O)[C@@H]1CCCN1[S@@](=O)(=NC(=O)OC(C)(C)C)c1ccc(C)cc1O[C@H](C)CCC=O. The zero-order chi connectivity index (χ0) is 24.8. The highest BCUT2D eigenvalue weighted by Crippen LogP contribution is 2.35. The van der Waals surface area contributed by atoms with E-state index in [2.05, 4.69) is 4.36 Å². The van der Waals surface area contributed by atoms with Crippen LogP contribution in [-0.2, 0) is 29.0 Å². The molecular formula is C23H34N2O7S. The molecule has 0 N–H and O–H groups in total. The number of carbonyl (C=O) groups excluding carboxylic acids is 3. The van der Waals surface area contributed by atoms with Crippen molar-refractivity contribution < 1.29 is 32.8 Å². The summed E-state index contributed by atoms with van der Waals surface area (Å²) in [4.78, 5) is 36.1. The first-order valence-electron chi connectivity index (χ1n) is 11.0. The lowest BCUT2D eigenvalue weighted by atomic mass is 10.2. The first kappa shape index (κ1) is 26.8. The highest BCUT2D eigenvalue weighted by atomic mass is 32.2. The van der Waals surface area contributed by atoms with Crippen LogP contribution >= 0.6 is 0 Å².